The van der Waals surface area contributed by atoms with Gasteiger partial charge in [0, 0.05) is 0 Å². The number of phenols is 2. The highest BCUT2D eigenvalue weighted by Crippen LogP contribution is 2.61. The van der Waals surface area contributed by atoms with Crippen LogP contribution in [0.4, 0.5) is 0 Å². The molecule has 1 aromatic rings. The molecule has 0 aromatic heterocycles. The van der Waals surface area contributed by atoms with Gasteiger partial charge >= 0.3 is 0 Å². The fourth-order valence-corrected chi connectivity index (χ4v) is 5.57. The molecule has 4 rings (SSSR count). The van der Waals surface area contributed by atoms with Gasteiger partial charge in [-0.2, -0.15) is 0 Å². The molecule has 21 heavy (non-hydrogen) atoms. The lowest BCUT2D eigenvalue weighted by atomic mass is 9.55. The smallest absolute Gasteiger partial charge is 0.157 e. The third-order valence-corrected chi connectivity index (χ3v) is 6.77. The molecule has 5 atom stereocenters. The van der Waals surface area contributed by atoms with Crippen molar-refractivity contribution >= 4 is 0 Å². The minimum atomic E-state index is -0.141. The van der Waals surface area contributed by atoms with Crippen molar-refractivity contribution in [1.82, 2.24) is 0 Å². The Kier molecular flexibility index (Phi) is 2.81. The molecule has 3 aliphatic carbocycles. The molecule has 3 heteroatoms. The van der Waals surface area contributed by atoms with E-state index in [4.69, 9.17) is 0 Å². The molecule has 1 aromatic carbocycles. The number of aliphatic hydroxyl groups excluding tert-OH is 1. The molecule has 0 bridgehead atoms. The second-order valence-electron chi connectivity index (χ2n) is 7.59. The number of fused-ring (bicyclic) bond motifs is 5. The van der Waals surface area contributed by atoms with Gasteiger partial charge in [-0.05, 0) is 85.0 Å². The molecule has 2 saturated carbocycles. The second-order valence-corrected chi connectivity index (χ2v) is 7.59. The van der Waals surface area contributed by atoms with E-state index in [0.717, 1.165) is 38.5 Å². The molecular weight excluding hydrogens is 264 g/mol. The molecule has 0 amide bonds. The number of aliphatic hydroxyl groups is 1. The fraction of sp³-hybridized carbons (Fsp3) is 0.667. The molecule has 2 fully saturated rings. The van der Waals surface area contributed by atoms with Gasteiger partial charge in [-0.25, -0.2) is 0 Å². The third-order valence-electron chi connectivity index (χ3n) is 6.77. The Morgan fingerprint density at radius 3 is 2.62 bits per heavy atom. The van der Waals surface area contributed by atoms with Crippen LogP contribution in [0.1, 0.15) is 56.1 Å². The highest BCUT2D eigenvalue weighted by Gasteiger charge is 2.54. The topological polar surface area (TPSA) is 60.7 Å². The van der Waals surface area contributed by atoms with Crippen LogP contribution in [0.25, 0.3) is 0 Å². The standard InChI is InChI=1S/C18H24O3/c1-18-7-6-11-12(14(18)4-5-17(18)21)3-2-10-8-15(19)16(20)9-13(10)11/h8-9,11-12,14,17,19-21H,2-7H2,1H3/t11-,12+,14+,17+,18-/m1/s1. The molecule has 0 aliphatic heterocycles. The van der Waals surface area contributed by atoms with Crippen LogP contribution < -0.4 is 0 Å². The van der Waals surface area contributed by atoms with Crippen LogP contribution >= 0.6 is 0 Å². The summed E-state index contributed by atoms with van der Waals surface area (Å²) in [7, 11) is 0. The van der Waals surface area contributed by atoms with Crippen LogP contribution in [0, 0.1) is 17.3 Å². The molecule has 3 N–H and O–H groups in total. The first-order valence-corrected chi connectivity index (χ1v) is 8.23. The zero-order valence-corrected chi connectivity index (χ0v) is 12.5. The summed E-state index contributed by atoms with van der Waals surface area (Å²) in [6.07, 6.45) is 6.23. The molecule has 0 heterocycles. The average molecular weight is 288 g/mol. The first kappa shape index (κ1) is 13.4. The Hall–Kier alpha value is -1.22. The maximum absolute atomic E-state index is 10.4. The van der Waals surface area contributed by atoms with Crippen molar-refractivity contribution in [2.24, 2.45) is 17.3 Å². The van der Waals surface area contributed by atoms with E-state index in [-0.39, 0.29) is 23.0 Å². The number of hydrogen-bond donors (Lipinski definition) is 3. The number of hydrogen-bond acceptors (Lipinski definition) is 3. The van der Waals surface area contributed by atoms with Gasteiger partial charge in [-0.3, -0.25) is 0 Å². The highest BCUT2D eigenvalue weighted by atomic mass is 16.3. The lowest BCUT2D eigenvalue weighted by Gasteiger charge is -2.50. The summed E-state index contributed by atoms with van der Waals surface area (Å²) in [6, 6.07) is 3.54. The molecular formula is C18H24O3. The number of phenolic OH excluding ortho intramolecular Hbond substituents is 2. The zero-order chi connectivity index (χ0) is 14.8. The van der Waals surface area contributed by atoms with E-state index >= 15 is 0 Å². The van der Waals surface area contributed by atoms with Crippen molar-refractivity contribution in [2.45, 2.75) is 57.5 Å². The summed E-state index contributed by atoms with van der Waals surface area (Å²) < 4.78 is 0. The zero-order valence-electron chi connectivity index (χ0n) is 12.5. The van der Waals surface area contributed by atoms with E-state index in [1.54, 1.807) is 12.1 Å². The number of aromatic hydroxyl groups is 2. The van der Waals surface area contributed by atoms with Crippen molar-refractivity contribution in [3.8, 4) is 11.5 Å². The van der Waals surface area contributed by atoms with Crippen LogP contribution in [0.15, 0.2) is 12.1 Å². The number of aryl methyl sites for hydroxylation is 1. The van der Waals surface area contributed by atoms with Gasteiger partial charge in [0.25, 0.3) is 0 Å². The van der Waals surface area contributed by atoms with Gasteiger partial charge < -0.3 is 15.3 Å². The molecule has 0 radical (unpaired) electrons. The van der Waals surface area contributed by atoms with E-state index in [1.807, 2.05) is 0 Å². The monoisotopic (exact) mass is 288 g/mol. The Bertz CT molecular complexity index is 582. The molecule has 3 aliphatic rings. The first-order chi connectivity index (χ1) is 10.0. The third kappa shape index (κ3) is 1.76. The number of rotatable bonds is 0. The van der Waals surface area contributed by atoms with Gasteiger partial charge in [0.2, 0.25) is 0 Å². The lowest BCUT2D eigenvalue weighted by molar-refractivity contribution is -0.0226. The summed E-state index contributed by atoms with van der Waals surface area (Å²) >= 11 is 0. The van der Waals surface area contributed by atoms with Gasteiger partial charge in [-0.1, -0.05) is 6.92 Å². The fourth-order valence-electron chi connectivity index (χ4n) is 5.57. The molecule has 0 spiro atoms. The van der Waals surface area contributed by atoms with Crippen molar-refractivity contribution in [3.63, 3.8) is 0 Å². The second kappa shape index (κ2) is 4.39. The van der Waals surface area contributed by atoms with Gasteiger partial charge in [0.1, 0.15) is 0 Å². The number of benzene rings is 1. The molecule has 114 valence electrons. The van der Waals surface area contributed by atoms with Crippen LogP contribution in [0.2, 0.25) is 0 Å². The van der Waals surface area contributed by atoms with Crippen molar-refractivity contribution in [1.29, 1.82) is 0 Å². The van der Waals surface area contributed by atoms with Crippen molar-refractivity contribution in [2.75, 3.05) is 0 Å². The predicted molar refractivity (Wildman–Crippen MR) is 80.4 cm³/mol. The van der Waals surface area contributed by atoms with E-state index in [2.05, 4.69) is 6.92 Å². The van der Waals surface area contributed by atoms with E-state index in [1.165, 1.54) is 11.1 Å². The van der Waals surface area contributed by atoms with Crippen LogP contribution in [0.5, 0.6) is 11.5 Å². The quantitative estimate of drug-likeness (QED) is 0.642. The largest absolute Gasteiger partial charge is 0.504 e. The first-order valence-electron chi connectivity index (χ1n) is 8.23. The lowest BCUT2D eigenvalue weighted by Crippen LogP contribution is -2.43. The predicted octanol–water partition coefficient (Wildman–Crippen LogP) is 3.31. The maximum Gasteiger partial charge on any atom is 0.157 e. The minimum absolute atomic E-state index is 0.00383. The Labute approximate surface area is 125 Å². The summed E-state index contributed by atoms with van der Waals surface area (Å²) in [6.45, 7) is 2.27. The Balaban J connectivity index is 1.73. The molecule has 0 unspecified atom stereocenters. The van der Waals surface area contributed by atoms with Crippen molar-refractivity contribution < 1.29 is 15.3 Å². The van der Waals surface area contributed by atoms with Crippen LogP contribution in [-0.2, 0) is 6.42 Å². The molecule has 3 nitrogen and oxygen atoms in total. The summed E-state index contributed by atoms with van der Waals surface area (Å²) in [5.41, 5.74) is 2.54. The Morgan fingerprint density at radius 1 is 1.05 bits per heavy atom. The maximum atomic E-state index is 10.4. The summed E-state index contributed by atoms with van der Waals surface area (Å²) in [4.78, 5) is 0. The van der Waals surface area contributed by atoms with E-state index < -0.39 is 0 Å². The average Bonchev–Trinajstić information content (AvgIpc) is 2.76. The Morgan fingerprint density at radius 2 is 1.81 bits per heavy atom. The highest BCUT2D eigenvalue weighted by molar-refractivity contribution is 5.48. The minimum Gasteiger partial charge on any atom is -0.504 e. The van der Waals surface area contributed by atoms with Crippen LogP contribution in [-0.4, -0.2) is 21.4 Å². The van der Waals surface area contributed by atoms with Gasteiger partial charge in [0.15, 0.2) is 11.5 Å². The van der Waals surface area contributed by atoms with E-state index in [0.29, 0.717) is 17.8 Å². The van der Waals surface area contributed by atoms with E-state index in [9.17, 15) is 15.3 Å². The van der Waals surface area contributed by atoms with Crippen LogP contribution in [0.3, 0.4) is 0 Å². The SMILES string of the molecule is C[C@@]12CC[C@H]3c4cc(O)c(O)cc4CC[C@@H]3[C@@H]1CC[C@@H]2O. The summed E-state index contributed by atoms with van der Waals surface area (Å²) in [5.74, 6) is 1.73. The molecule has 0 saturated heterocycles. The summed E-state index contributed by atoms with van der Waals surface area (Å²) in [5, 5.41) is 29.9. The van der Waals surface area contributed by atoms with Crippen molar-refractivity contribution in [3.05, 3.63) is 23.3 Å². The normalized spacial score (nSPS) is 41.2. The van der Waals surface area contributed by atoms with Gasteiger partial charge in [0.05, 0.1) is 6.10 Å². The van der Waals surface area contributed by atoms with Gasteiger partial charge in [-0.15, -0.1) is 0 Å².